The van der Waals surface area contributed by atoms with Gasteiger partial charge in [-0.3, -0.25) is 0 Å². The largest absolute Gasteiger partial charge is 0.366 e. The second kappa shape index (κ2) is 6.89. The normalized spacial score (nSPS) is 10.3. The summed E-state index contributed by atoms with van der Waals surface area (Å²) in [5.74, 6) is 1.83. The van der Waals surface area contributed by atoms with E-state index in [4.69, 9.17) is 0 Å². The Balaban J connectivity index is 2.04. The summed E-state index contributed by atoms with van der Waals surface area (Å²) in [6.45, 7) is 9.04. The summed E-state index contributed by atoms with van der Waals surface area (Å²) in [5.41, 5.74) is 2.53. The molecule has 1 aromatic heterocycles. The van der Waals surface area contributed by atoms with Crippen LogP contribution in [0, 0.1) is 6.92 Å². The summed E-state index contributed by atoms with van der Waals surface area (Å²) in [7, 11) is 0. The minimum absolute atomic E-state index is 0.774. The van der Waals surface area contributed by atoms with Crippen LogP contribution >= 0.6 is 0 Å². The van der Waals surface area contributed by atoms with Gasteiger partial charge in [0.2, 0.25) is 0 Å². The molecule has 0 bridgehead atoms. The van der Waals surface area contributed by atoms with Gasteiger partial charge in [-0.05, 0) is 26.3 Å². The lowest BCUT2D eigenvalue weighted by Gasteiger charge is -2.19. The predicted molar refractivity (Wildman–Crippen MR) is 84.1 cm³/mol. The maximum Gasteiger partial charge on any atom is 0.134 e. The van der Waals surface area contributed by atoms with Crippen molar-refractivity contribution in [3.8, 4) is 0 Å². The summed E-state index contributed by atoms with van der Waals surface area (Å²) >= 11 is 0. The molecule has 1 aromatic carbocycles. The number of hydrogen-bond donors (Lipinski definition) is 1. The van der Waals surface area contributed by atoms with Crippen LogP contribution < -0.4 is 10.2 Å². The van der Waals surface area contributed by atoms with Crippen LogP contribution in [0.5, 0.6) is 0 Å². The van der Waals surface area contributed by atoms with Crippen LogP contribution in [0.15, 0.2) is 36.7 Å². The second-order valence-electron chi connectivity index (χ2n) is 4.78. The molecule has 0 fully saturated rings. The van der Waals surface area contributed by atoms with Gasteiger partial charge in [-0.15, -0.1) is 0 Å². The molecule has 0 saturated carbocycles. The minimum atomic E-state index is 0.774. The molecule has 4 nitrogen and oxygen atoms in total. The first-order valence-corrected chi connectivity index (χ1v) is 7.09. The maximum atomic E-state index is 4.33. The van der Waals surface area contributed by atoms with Gasteiger partial charge in [0.05, 0.1) is 0 Å². The monoisotopic (exact) mass is 270 g/mol. The van der Waals surface area contributed by atoms with Crippen LogP contribution in [0.4, 0.5) is 11.6 Å². The Morgan fingerprint density at radius 1 is 1.10 bits per heavy atom. The Morgan fingerprint density at radius 2 is 1.90 bits per heavy atom. The van der Waals surface area contributed by atoms with Crippen molar-refractivity contribution >= 4 is 11.6 Å². The van der Waals surface area contributed by atoms with Crippen LogP contribution in [0.3, 0.4) is 0 Å². The molecule has 0 saturated heterocycles. The molecule has 20 heavy (non-hydrogen) atoms. The van der Waals surface area contributed by atoms with Crippen LogP contribution in [-0.4, -0.2) is 23.1 Å². The molecule has 0 aliphatic carbocycles. The smallest absolute Gasteiger partial charge is 0.134 e. The number of rotatable bonds is 6. The fourth-order valence-electron chi connectivity index (χ4n) is 2.18. The fraction of sp³-hybridized carbons (Fsp3) is 0.375. The van der Waals surface area contributed by atoms with Crippen molar-refractivity contribution in [2.75, 3.05) is 23.3 Å². The number of hydrogen-bond acceptors (Lipinski definition) is 4. The summed E-state index contributed by atoms with van der Waals surface area (Å²) in [6.07, 6.45) is 1.62. The van der Waals surface area contributed by atoms with Crippen molar-refractivity contribution < 1.29 is 0 Å². The average Bonchev–Trinajstić information content (AvgIpc) is 2.47. The molecule has 2 aromatic rings. The number of nitrogens with one attached hydrogen (secondary N) is 1. The highest BCUT2D eigenvalue weighted by Crippen LogP contribution is 2.14. The Kier molecular flexibility index (Phi) is 4.93. The van der Waals surface area contributed by atoms with Crippen molar-refractivity contribution in [2.45, 2.75) is 27.3 Å². The van der Waals surface area contributed by atoms with Crippen molar-refractivity contribution in [1.82, 2.24) is 9.97 Å². The number of aryl methyl sites for hydroxylation is 1. The van der Waals surface area contributed by atoms with Crippen molar-refractivity contribution in [3.63, 3.8) is 0 Å². The lowest BCUT2D eigenvalue weighted by Crippen LogP contribution is -2.23. The zero-order valence-corrected chi connectivity index (χ0v) is 12.4. The van der Waals surface area contributed by atoms with Gasteiger partial charge >= 0.3 is 0 Å². The Morgan fingerprint density at radius 3 is 2.60 bits per heavy atom. The van der Waals surface area contributed by atoms with E-state index in [0.29, 0.717) is 0 Å². The standard InChI is InChI=1S/C16H22N4/c1-4-20(5-2)16-10-15(18-12-19-16)17-11-14-8-6-7-13(3)9-14/h6-10,12H,4-5,11H2,1-3H3,(H,17,18,19). The number of aromatic nitrogens is 2. The zero-order chi connectivity index (χ0) is 14.4. The number of anilines is 2. The lowest BCUT2D eigenvalue weighted by atomic mass is 10.1. The van der Waals surface area contributed by atoms with E-state index in [-0.39, 0.29) is 0 Å². The first kappa shape index (κ1) is 14.3. The lowest BCUT2D eigenvalue weighted by molar-refractivity contribution is 0.841. The molecule has 1 N–H and O–H groups in total. The Labute approximate surface area is 120 Å². The third-order valence-electron chi connectivity index (χ3n) is 3.30. The SMILES string of the molecule is CCN(CC)c1cc(NCc2cccc(C)c2)ncn1. The van der Waals surface area contributed by atoms with Gasteiger partial charge in [-0.1, -0.05) is 29.8 Å². The van der Waals surface area contributed by atoms with E-state index in [0.717, 1.165) is 31.3 Å². The van der Waals surface area contributed by atoms with E-state index in [1.54, 1.807) is 6.33 Å². The molecule has 0 aliphatic rings. The Bertz CT molecular complexity index is 550. The van der Waals surface area contributed by atoms with Gasteiger partial charge in [0.15, 0.2) is 0 Å². The van der Waals surface area contributed by atoms with Crippen LogP contribution in [0.25, 0.3) is 0 Å². The maximum absolute atomic E-state index is 4.33. The average molecular weight is 270 g/mol. The van der Waals surface area contributed by atoms with Gasteiger partial charge < -0.3 is 10.2 Å². The molecule has 106 valence electrons. The number of nitrogens with zero attached hydrogens (tertiary/aromatic N) is 3. The molecule has 4 heteroatoms. The first-order chi connectivity index (χ1) is 9.72. The highest BCUT2D eigenvalue weighted by atomic mass is 15.2. The highest BCUT2D eigenvalue weighted by molar-refractivity contribution is 5.48. The van der Waals surface area contributed by atoms with Crippen molar-refractivity contribution in [3.05, 3.63) is 47.8 Å². The molecule has 0 spiro atoms. The molecule has 0 radical (unpaired) electrons. The first-order valence-electron chi connectivity index (χ1n) is 7.09. The van der Waals surface area contributed by atoms with E-state index >= 15 is 0 Å². The topological polar surface area (TPSA) is 41.0 Å². The summed E-state index contributed by atoms with van der Waals surface area (Å²) in [6, 6.07) is 10.5. The molecule has 0 aliphatic heterocycles. The molecular formula is C16H22N4. The number of benzene rings is 1. The van der Waals surface area contributed by atoms with E-state index in [1.807, 2.05) is 6.07 Å². The molecule has 1 heterocycles. The van der Waals surface area contributed by atoms with Crippen molar-refractivity contribution in [1.29, 1.82) is 0 Å². The van der Waals surface area contributed by atoms with E-state index in [1.165, 1.54) is 11.1 Å². The quantitative estimate of drug-likeness (QED) is 0.875. The zero-order valence-electron chi connectivity index (χ0n) is 12.4. The van der Waals surface area contributed by atoms with Gasteiger partial charge in [-0.25, -0.2) is 9.97 Å². The molecule has 0 atom stereocenters. The van der Waals surface area contributed by atoms with E-state index in [2.05, 4.69) is 65.2 Å². The van der Waals surface area contributed by atoms with Crippen molar-refractivity contribution in [2.24, 2.45) is 0 Å². The summed E-state index contributed by atoms with van der Waals surface area (Å²) < 4.78 is 0. The van der Waals surface area contributed by atoms with E-state index < -0.39 is 0 Å². The third kappa shape index (κ3) is 3.70. The van der Waals surface area contributed by atoms with Crippen LogP contribution in [0.1, 0.15) is 25.0 Å². The van der Waals surface area contributed by atoms with Gasteiger partial charge in [0, 0.05) is 25.7 Å². The Hall–Kier alpha value is -2.10. The molecule has 2 rings (SSSR count). The predicted octanol–water partition coefficient (Wildman–Crippen LogP) is 3.24. The third-order valence-corrected chi connectivity index (χ3v) is 3.30. The van der Waals surface area contributed by atoms with Gasteiger partial charge in [0.1, 0.15) is 18.0 Å². The van der Waals surface area contributed by atoms with Gasteiger partial charge in [-0.2, -0.15) is 0 Å². The fourth-order valence-corrected chi connectivity index (χ4v) is 2.18. The molecule has 0 amide bonds. The van der Waals surface area contributed by atoms with Crippen LogP contribution in [0.2, 0.25) is 0 Å². The molecular weight excluding hydrogens is 248 g/mol. The minimum Gasteiger partial charge on any atom is -0.366 e. The van der Waals surface area contributed by atoms with Gasteiger partial charge in [0.25, 0.3) is 0 Å². The van der Waals surface area contributed by atoms with Crippen LogP contribution in [-0.2, 0) is 6.54 Å². The summed E-state index contributed by atoms with van der Waals surface area (Å²) in [5, 5.41) is 3.35. The summed E-state index contributed by atoms with van der Waals surface area (Å²) in [4.78, 5) is 10.8. The molecule has 0 unspecified atom stereocenters. The second-order valence-corrected chi connectivity index (χ2v) is 4.78. The highest BCUT2D eigenvalue weighted by Gasteiger charge is 2.04. The van der Waals surface area contributed by atoms with E-state index in [9.17, 15) is 0 Å².